The van der Waals surface area contributed by atoms with E-state index in [1.165, 1.54) is 34.1 Å². The Kier molecular flexibility index (Phi) is 5.80. The van der Waals surface area contributed by atoms with Gasteiger partial charge in [0.05, 0.1) is 22.5 Å². The summed E-state index contributed by atoms with van der Waals surface area (Å²) in [6.07, 6.45) is 0. The number of para-hydroxylation sites is 1. The van der Waals surface area contributed by atoms with Gasteiger partial charge in [-0.2, -0.15) is 0 Å². The molecule has 0 spiro atoms. The highest BCUT2D eigenvalue weighted by atomic mass is 35.5. The second-order valence-electron chi connectivity index (χ2n) is 6.44. The highest BCUT2D eigenvalue weighted by molar-refractivity contribution is 7.99. The fourth-order valence-electron chi connectivity index (χ4n) is 2.91. The van der Waals surface area contributed by atoms with Crippen LogP contribution in [0.3, 0.4) is 0 Å². The third-order valence-electron chi connectivity index (χ3n) is 4.24. The minimum atomic E-state index is -0.353. The van der Waals surface area contributed by atoms with Gasteiger partial charge in [0.1, 0.15) is 10.6 Å². The number of anilines is 1. The van der Waals surface area contributed by atoms with Gasteiger partial charge < -0.3 is 10.4 Å². The van der Waals surface area contributed by atoms with Crippen LogP contribution in [0.4, 0.5) is 5.69 Å². The molecule has 0 atom stereocenters. The maximum Gasteiger partial charge on any atom is 0.267 e. The smallest absolute Gasteiger partial charge is 0.267 e. The first kappa shape index (κ1) is 20.5. The number of nitrogens with one attached hydrogen (secondary N) is 1. The van der Waals surface area contributed by atoms with Crippen LogP contribution in [-0.2, 0) is 4.79 Å². The molecule has 0 fully saturated rings. The minimum absolute atomic E-state index is 0.00108. The van der Waals surface area contributed by atoms with Gasteiger partial charge in [0.25, 0.3) is 5.56 Å². The Morgan fingerprint density at radius 2 is 2.00 bits per heavy atom. The number of aryl methyl sites for hydroxylation is 1. The highest BCUT2D eigenvalue weighted by Gasteiger charge is 2.17. The zero-order valence-electron chi connectivity index (χ0n) is 15.8. The summed E-state index contributed by atoms with van der Waals surface area (Å²) >= 11 is 8.51. The van der Waals surface area contributed by atoms with Gasteiger partial charge in [0.15, 0.2) is 5.16 Å². The lowest BCUT2D eigenvalue weighted by atomic mass is 10.3. The molecular weight excluding hydrogens is 442 g/mol. The lowest BCUT2D eigenvalue weighted by Gasteiger charge is -2.12. The van der Waals surface area contributed by atoms with Crippen LogP contribution < -0.4 is 10.9 Å². The zero-order chi connectivity index (χ0) is 21.3. The van der Waals surface area contributed by atoms with Crippen LogP contribution in [0.25, 0.3) is 15.9 Å². The van der Waals surface area contributed by atoms with Crippen LogP contribution in [0.15, 0.2) is 64.5 Å². The van der Waals surface area contributed by atoms with E-state index in [2.05, 4.69) is 10.3 Å². The second-order valence-corrected chi connectivity index (χ2v) is 9.06. The van der Waals surface area contributed by atoms with Crippen molar-refractivity contribution >= 4 is 56.5 Å². The summed E-state index contributed by atoms with van der Waals surface area (Å²) in [4.78, 5) is 31.9. The molecule has 30 heavy (non-hydrogen) atoms. The number of aromatic nitrogens is 2. The molecule has 2 aromatic carbocycles. The van der Waals surface area contributed by atoms with Crippen LogP contribution in [0.2, 0.25) is 5.02 Å². The summed E-state index contributed by atoms with van der Waals surface area (Å²) in [5, 5.41) is 13.9. The number of carbonyl (C=O) groups excluding carboxylic acids is 1. The molecule has 0 saturated carbocycles. The van der Waals surface area contributed by atoms with E-state index in [1.807, 2.05) is 43.3 Å². The number of thiophene rings is 1. The molecule has 0 aliphatic carbocycles. The molecule has 4 aromatic rings. The monoisotopic (exact) mass is 457 g/mol. The van der Waals surface area contributed by atoms with Gasteiger partial charge in [-0.1, -0.05) is 41.6 Å². The molecule has 1 amide bonds. The number of nitrogens with zero attached hydrogens (tertiary/aromatic N) is 2. The molecule has 0 unspecified atom stereocenters. The number of benzene rings is 2. The number of phenolic OH excluding ortho intramolecular Hbond substituents is 1. The largest absolute Gasteiger partial charge is 0.506 e. The maximum atomic E-state index is 13.1. The first-order valence-corrected chi connectivity index (χ1v) is 11.1. The Bertz CT molecular complexity index is 1300. The third kappa shape index (κ3) is 4.21. The van der Waals surface area contributed by atoms with Crippen molar-refractivity contribution in [3.05, 3.63) is 74.9 Å². The van der Waals surface area contributed by atoms with Gasteiger partial charge in [-0.25, -0.2) is 4.98 Å². The van der Waals surface area contributed by atoms with E-state index in [0.717, 1.165) is 16.6 Å². The van der Waals surface area contributed by atoms with Crippen LogP contribution in [-0.4, -0.2) is 26.3 Å². The molecule has 0 aliphatic heterocycles. The van der Waals surface area contributed by atoms with Gasteiger partial charge >= 0.3 is 0 Å². The highest BCUT2D eigenvalue weighted by Crippen LogP contribution is 2.28. The molecule has 2 N–H and O–H groups in total. The number of amides is 1. The number of hydrogen-bond donors (Lipinski definition) is 2. The normalized spacial score (nSPS) is 11.0. The number of aromatic hydroxyl groups is 1. The Hall–Kier alpha value is -2.81. The van der Waals surface area contributed by atoms with Gasteiger partial charge in [0.2, 0.25) is 5.91 Å². The van der Waals surface area contributed by atoms with Crippen LogP contribution in [0, 0.1) is 6.92 Å². The van der Waals surface area contributed by atoms with Gasteiger partial charge in [-0.15, -0.1) is 11.3 Å². The Morgan fingerprint density at radius 3 is 2.77 bits per heavy atom. The van der Waals surface area contributed by atoms with Crippen molar-refractivity contribution in [2.45, 2.75) is 12.1 Å². The first-order valence-electron chi connectivity index (χ1n) is 8.92. The number of phenols is 1. The molecule has 6 nitrogen and oxygen atoms in total. The van der Waals surface area contributed by atoms with Crippen molar-refractivity contribution in [3.8, 4) is 11.4 Å². The fourth-order valence-corrected chi connectivity index (χ4v) is 4.81. The molecule has 0 aliphatic rings. The molecular formula is C21H16ClN3O3S2. The van der Waals surface area contributed by atoms with Gasteiger partial charge in [0, 0.05) is 9.90 Å². The van der Waals surface area contributed by atoms with Crippen molar-refractivity contribution < 1.29 is 9.90 Å². The van der Waals surface area contributed by atoms with Crippen molar-refractivity contribution in [2.75, 3.05) is 11.1 Å². The van der Waals surface area contributed by atoms with E-state index in [-0.39, 0.29) is 28.7 Å². The van der Waals surface area contributed by atoms with Crippen LogP contribution >= 0.6 is 34.7 Å². The summed E-state index contributed by atoms with van der Waals surface area (Å²) in [6, 6.07) is 15.4. The van der Waals surface area contributed by atoms with Gasteiger partial charge in [-0.05, 0) is 43.3 Å². The standard InChI is InChI=1S/C21H16ClN3O3S2/c1-12-9-15-19(30-12)24-21(25(20(15)28)14-5-3-2-4-6-14)29-11-18(27)23-16-10-13(22)7-8-17(16)26/h2-10,26H,11H2,1H3,(H,23,27). The Balaban J connectivity index is 1.65. The SMILES string of the molecule is Cc1cc2c(=O)n(-c3ccccc3)c(SCC(=O)Nc3cc(Cl)ccc3O)nc2s1. The Morgan fingerprint density at radius 1 is 1.23 bits per heavy atom. The van der Waals surface area contributed by atoms with Crippen molar-refractivity contribution in [3.63, 3.8) is 0 Å². The Labute approximate surface area is 185 Å². The van der Waals surface area contributed by atoms with E-state index < -0.39 is 0 Å². The second kappa shape index (κ2) is 8.51. The van der Waals surface area contributed by atoms with Crippen molar-refractivity contribution in [2.24, 2.45) is 0 Å². The lowest BCUT2D eigenvalue weighted by Crippen LogP contribution is -2.22. The zero-order valence-corrected chi connectivity index (χ0v) is 18.1. The number of thioether (sulfide) groups is 1. The molecule has 152 valence electrons. The van der Waals surface area contributed by atoms with E-state index in [1.54, 1.807) is 0 Å². The molecule has 2 heterocycles. The molecule has 0 saturated heterocycles. The number of hydrogen-bond acceptors (Lipinski definition) is 6. The lowest BCUT2D eigenvalue weighted by molar-refractivity contribution is -0.113. The van der Waals surface area contributed by atoms with E-state index >= 15 is 0 Å². The third-order valence-corrected chi connectivity index (χ3v) is 6.36. The molecule has 4 rings (SSSR count). The molecule has 2 aromatic heterocycles. The fraction of sp³-hybridized carbons (Fsp3) is 0.0952. The van der Waals surface area contributed by atoms with Crippen LogP contribution in [0.5, 0.6) is 5.75 Å². The van der Waals surface area contributed by atoms with Crippen LogP contribution in [0.1, 0.15) is 4.88 Å². The summed E-state index contributed by atoms with van der Waals surface area (Å²) in [6.45, 7) is 1.93. The predicted molar refractivity (Wildman–Crippen MR) is 122 cm³/mol. The summed E-state index contributed by atoms with van der Waals surface area (Å²) in [5.74, 6) is -0.428. The summed E-state index contributed by atoms with van der Waals surface area (Å²) in [5.41, 5.74) is 0.730. The molecule has 0 bridgehead atoms. The summed E-state index contributed by atoms with van der Waals surface area (Å²) < 4.78 is 1.52. The average molecular weight is 458 g/mol. The number of rotatable bonds is 5. The minimum Gasteiger partial charge on any atom is -0.506 e. The van der Waals surface area contributed by atoms with E-state index in [9.17, 15) is 14.7 Å². The van der Waals surface area contributed by atoms with Gasteiger partial charge in [-0.3, -0.25) is 14.2 Å². The van der Waals surface area contributed by atoms with Crippen molar-refractivity contribution in [1.29, 1.82) is 0 Å². The first-order chi connectivity index (χ1) is 14.4. The van der Waals surface area contributed by atoms with E-state index in [4.69, 9.17) is 11.6 Å². The number of halogens is 1. The predicted octanol–water partition coefficient (Wildman–Crippen LogP) is 4.85. The average Bonchev–Trinajstić information content (AvgIpc) is 3.10. The quantitative estimate of drug-likeness (QED) is 0.254. The molecule has 9 heteroatoms. The molecule has 0 radical (unpaired) electrons. The topological polar surface area (TPSA) is 84.2 Å². The van der Waals surface area contributed by atoms with E-state index in [0.29, 0.717) is 26.1 Å². The summed E-state index contributed by atoms with van der Waals surface area (Å²) in [7, 11) is 0. The van der Waals surface area contributed by atoms with Crippen molar-refractivity contribution in [1.82, 2.24) is 9.55 Å². The number of carbonyl (C=O) groups is 1. The maximum absolute atomic E-state index is 13.1. The number of fused-ring (bicyclic) bond motifs is 1.